The van der Waals surface area contributed by atoms with Gasteiger partial charge in [0.2, 0.25) is 20.0 Å². The van der Waals surface area contributed by atoms with Gasteiger partial charge in [-0.15, -0.1) is 0 Å². The molecule has 242 valence electrons. The summed E-state index contributed by atoms with van der Waals surface area (Å²) >= 11 is 0. The van der Waals surface area contributed by atoms with E-state index in [1.807, 2.05) is 67.5 Å². The average Bonchev–Trinajstić information content (AvgIpc) is 2.91. The summed E-state index contributed by atoms with van der Waals surface area (Å²) in [5.41, 5.74) is 5.08. The highest BCUT2D eigenvalue weighted by molar-refractivity contribution is 7.92. The lowest BCUT2D eigenvalue weighted by Gasteiger charge is -2.27. The van der Waals surface area contributed by atoms with Crippen LogP contribution in [0.5, 0.6) is 11.5 Å². The van der Waals surface area contributed by atoms with Crippen molar-refractivity contribution >= 4 is 20.0 Å². The fourth-order valence-electron chi connectivity index (χ4n) is 5.48. The van der Waals surface area contributed by atoms with E-state index in [0.29, 0.717) is 22.3 Å². The molecule has 0 atom stereocenters. The second-order valence-electron chi connectivity index (χ2n) is 13.9. The van der Waals surface area contributed by atoms with Crippen molar-refractivity contribution in [2.24, 2.45) is 0 Å². The van der Waals surface area contributed by atoms with Crippen LogP contribution < -0.4 is 0 Å². The lowest BCUT2D eigenvalue weighted by molar-refractivity contribution is 0.432. The highest BCUT2D eigenvalue weighted by Crippen LogP contribution is 2.39. The Morgan fingerprint density at radius 3 is 1.18 bits per heavy atom. The normalized spacial score (nSPS) is 13.2. The SMILES string of the molecule is Cc1cc(C(C)(C)C)c(O)c(C)c1CN(C)S(=O)(=O)c1ccccc1S(=O)(=O)N(C)Cc1c(C)cc(C(C)(C)C)c(O)c1C. The molecule has 0 saturated heterocycles. The quantitative estimate of drug-likeness (QED) is 0.287. The number of aryl methyl sites for hydroxylation is 2. The van der Waals surface area contributed by atoms with Crippen molar-refractivity contribution in [1.82, 2.24) is 8.61 Å². The van der Waals surface area contributed by atoms with E-state index in [1.165, 1.54) is 38.4 Å². The Kier molecular flexibility index (Phi) is 9.79. The van der Waals surface area contributed by atoms with Gasteiger partial charge in [0, 0.05) is 27.2 Å². The third kappa shape index (κ3) is 6.68. The molecule has 3 rings (SSSR count). The Labute approximate surface area is 264 Å². The monoisotopic (exact) mass is 644 g/mol. The molecular weight excluding hydrogens is 597 g/mol. The van der Waals surface area contributed by atoms with Crippen molar-refractivity contribution in [3.63, 3.8) is 0 Å². The molecule has 2 N–H and O–H groups in total. The highest BCUT2D eigenvalue weighted by Gasteiger charge is 2.33. The number of nitrogens with zero attached hydrogens (tertiary/aromatic N) is 2. The number of benzene rings is 3. The van der Waals surface area contributed by atoms with E-state index in [0.717, 1.165) is 30.9 Å². The number of sulfonamides is 2. The molecular formula is C34H48N2O6S2. The summed E-state index contributed by atoms with van der Waals surface area (Å²) in [6.07, 6.45) is 0. The zero-order valence-electron chi connectivity index (χ0n) is 28.1. The first kappa shape index (κ1) is 35.6. The molecule has 0 saturated carbocycles. The maximum Gasteiger partial charge on any atom is 0.244 e. The van der Waals surface area contributed by atoms with Crippen LogP contribution >= 0.6 is 0 Å². The molecule has 0 fully saturated rings. The summed E-state index contributed by atoms with van der Waals surface area (Å²) in [6.45, 7) is 19.1. The van der Waals surface area contributed by atoms with Crippen molar-refractivity contribution in [2.45, 2.75) is 103 Å². The summed E-state index contributed by atoms with van der Waals surface area (Å²) in [4.78, 5) is -0.667. The Morgan fingerprint density at radius 2 is 0.909 bits per heavy atom. The molecule has 0 unspecified atom stereocenters. The molecule has 0 amide bonds. The van der Waals surface area contributed by atoms with E-state index >= 15 is 0 Å². The molecule has 10 heteroatoms. The summed E-state index contributed by atoms with van der Waals surface area (Å²) in [5.74, 6) is 0.251. The minimum Gasteiger partial charge on any atom is -0.507 e. The smallest absolute Gasteiger partial charge is 0.244 e. The largest absolute Gasteiger partial charge is 0.507 e. The van der Waals surface area contributed by atoms with Gasteiger partial charge in [0.15, 0.2) is 0 Å². The molecule has 0 bridgehead atoms. The van der Waals surface area contributed by atoms with Crippen LogP contribution in [0.25, 0.3) is 0 Å². The van der Waals surface area contributed by atoms with Crippen molar-refractivity contribution in [3.8, 4) is 11.5 Å². The Bertz CT molecular complexity index is 1670. The molecule has 0 aliphatic carbocycles. The Morgan fingerprint density at radius 1 is 0.614 bits per heavy atom. The van der Waals surface area contributed by atoms with Crippen LogP contribution in [0.4, 0.5) is 0 Å². The van der Waals surface area contributed by atoms with Gasteiger partial charge in [0.25, 0.3) is 0 Å². The molecule has 0 radical (unpaired) electrons. The van der Waals surface area contributed by atoms with Gasteiger partial charge in [-0.25, -0.2) is 16.8 Å². The van der Waals surface area contributed by atoms with Gasteiger partial charge in [-0.2, -0.15) is 8.61 Å². The van der Waals surface area contributed by atoms with Crippen LogP contribution in [0.2, 0.25) is 0 Å². The van der Waals surface area contributed by atoms with Crippen LogP contribution in [0.3, 0.4) is 0 Å². The van der Waals surface area contributed by atoms with E-state index in [4.69, 9.17) is 0 Å². The highest BCUT2D eigenvalue weighted by atomic mass is 32.2. The fraction of sp³-hybridized carbons (Fsp3) is 0.471. The minimum atomic E-state index is -4.28. The van der Waals surface area contributed by atoms with Crippen molar-refractivity contribution in [3.05, 3.63) is 80.9 Å². The van der Waals surface area contributed by atoms with Crippen LogP contribution in [-0.4, -0.2) is 49.8 Å². The van der Waals surface area contributed by atoms with Gasteiger partial charge in [0.1, 0.15) is 21.3 Å². The van der Waals surface area contributed by atoms with E-state index in [9.17, 15) is 27.0 Å². The Balaban J connectivity index is 2.03. The maximum absolute atomic E-state index is 14.0. The molecule has 0 aromatic heterocycles. The molecule has 3 aromatic rings. The fourth-order valence-corrected chi connectivity index (χ4v) is 8.53. The summed E-state index contributed by atoms with van der Waals surface area (Å²) in [7, 11) is -5.75. The number of hydrogen-bond acceptors (Lipinski definition) is 6. The molecule has 44 heavy (non-hydrogen) atoms. The predicted octanol–water partition coefficient (Wildman–Crippen LogP) is 6.57. The van der Waals surface area contributed by atoms with E-state index in [2.05, 4.69) is 0 Å². The molecule has 0 aliphatic rings. The summed E-state index contributed by atoms with van der Waals surface area (Å²) in [6, 6.07) is 9.35. The van der Waals surface area contributed by atoms with E-state index in [1.54, 1.807) is 13.8 Å². The topological polar surface area (TPSA) is 115 Å². The van der Waals surface area contributed by atoms with Crippen molar-refractivity contribution in [1.29, 1.82) is 0 Å². The van der Waals surface area contributed by atoms with Crippen LogP contribution in [0.1, 0.15) is 86.1 Å². The molecule has 0 aliphatic heterocycles. The minimum absolute atomic E-state index is 0.0556. The summed E-state index contributed by atoms with van der Waals surface area (Å²) in [5, 5.41) is 21.9. The maximum atomic E-state index is 14.0. The molecule has 3 aromatic carbocycles. The first-order valence-corrected chi connectivity index (χ1v) is 17.5. The third-order valence-electron chi connectivity index (χ3n) is 8.40. The second-order valence-corrected chi connectivity index (χ2v) is 17.9. The zero-order chi connectivity index (χ0) is 33.7. The summed E-state index contributed by atoms with van der Waals surface area (Å²) < 4.78 is 58.0. The lowest BCUT2D eigenvalue weighted by atomic mass is 9.82. The predicted molar refractivity (Wildman–Crippen MR) is 176 cm³/mol. The van der Waals surface area contributed by atoms with E-state index in [-0.39, 0.29) is 45.2 Å². The molecule has 0 spiro atoms. The van der Waals surface area contributed by atoms with Gasteiger partial charge in [0.05, 0.1) is 0 Å². The van der Waals surface area contributed by atoms with Gasteiger partial charge in [-0.05, 0) is 95.2 Å². The van der Waals surface area contributed by atoms with Crippen molar-refractivity contribution in [2.75, 3.05) is 14.1 Å². The first-order chi connectivity index (χ1) is 19.9. The van der Waals surface area contributed by atoms with Crippen LogP contribution in [0, 0.1) is 27.7 Å². The van der Waals surface area contributed by atoms with Gasteiger partial charge in [-0.3, -0.25) is 0 Å². The van der Waals surface area contributed by atoms with Crippen LogP contribution in [0.15, 0.2) is 46.2 Å². The standard InChI is InChI=1S/C34H48N2O6S2/c1-21-17-27(33(5,6)7)31(37)23(3)25(21)19-35(11)43(39,40)29-15-13-14-16-30(29)44(41,42)36(12)20-26-22(2)18-28(34(8,9)10)32(38)24(26)4/h13-18,37-38H,19-20H2,1-12H3. The number of phenols is 2. The van der Waals surface area contributed by atoms with Gasteiger partial charge >= 0.3 is 0 Å². The molecule has 0 heterocycles. The number of phenolic OH excluding ortho intramolecular Hbond substituents is 2. The van der Waals surface area contributed by atoms with Gasteiger partial charge in [-0.1, -0.05) is 65.8 Å². The molecule has 8 nitrogen and oxygen atoms in total. The zero-order valence-corrected chi connectivity index (χ0v) is 29.7. The number of hydrogen-bond donors (Lipinski definition) is 2. The first-order valence-electron chi connectivity index (χ1n) is 14.6. The Hall–Kier alpha value is -2.92. The lowest BCUT2D eigenvalue weighted by Crippen LogP contribution is -2.32. The van der Waals surface area contributed by atoms with Gasteiger partial charge < -0.3 is 10.2 Å². The van der Waals surface area contributed by atoms with Crippen LogP contribution in [-0.2, 0) is 44.0 Å². The third-order valence-corrected chi connectivity index (χ3v) is 12.3. The number of aromatic hydroxyl groups is 2. The second kappa shape index (κ2) is 12.1. The van der Waals surface area contributed by atoms with Crippen molar-refractivity contribution < 1.29 is 27.0 Å². The van der Waals surface area contributed by atoms with E-state index < -0.39 is 20.0 Å². The number of rotatable bonds is 8. The average molecular weight is 645 g/mol.